The maximum Gasteiger partial charge on any atom is 0.511 e. The van der Waals surface area contributed by atoms with Gasteiger partial charge in [-0.3, -0.25) is 0 Å². The molecule has 1 atom stereocenters. The van der Waals surface area contributed by atoms with Gasteiger partial charge in [0, 0.05) is 19.5 Å². The molecule has 0 amide bonds. The van der Waals surface area contributed by atoms with Crippen molar-refractivity contribution < 1.29 is 41.7 Å². The van der Waals surface area contributed by atoms with Gasteiger partial charge in [-0.05, 0) is 46.8 Å². The number of aromatic nitrogens is 2. The average Bonchev–Trinajstić information content (AvgIpc) is 2.94. The lowest BCUT2D eigenvalue weighted by Gasteiger charge is -2.24. The highest BCUT2D eigenvalue weighted by Gasteiger charge is 2.26. The predicted molar refractivity (Wildman–Crippen MR) is 113 cm³/mol. The lowest BCUT2D eigenvalue weighted by atomic mass is 9.86. The normalized spacial score (nSPS) is 14.5. The van der Waals surface area contributed by atoms with Crippen LogP contribution >= 0.6 is 27.5 Å². The number of aryl methyl sites for hydroxylation is 1. The van der Waals surface area contributed by atoms with E-state index in [2.05, 4.69) is 25.8 Å². The number of alkyl halides is 2. The van der Waals surface area contributed by atoms with Crippen LogP contribution in [0, 0.1) is 11.7 Å². The van der Waals surface area contributed by atoms with Gasteiger partial charge in [0.15, 0.2) is 0 Å². The summed E-state index contributed by atoms with van der Waals surface area (Å²) in [5, 5.41) is 3.68. The zero-order valence-corrected chi connectivity index (χ0v) is 19.8. The van der Waals surface area contributed by atoms with Gasteiger partial charge >= 0.3 is 18.7 Å². The van der Waals surface area contributed by atoms with Gasteiger partial charge in [-0.25, -0.2) is 18.7 Å². The Morgan fingerprint density at radius 2 is 2.00 bits per heavy atom. The average molecular weight is 556 g/mol. The van der Waals surface area contributed by atoms with Gasteiger partial charge in [0.05, 0.1) is 17.2 Å². The lowest BCUT2D eigenvalue weighted by Crippen LogP contribution is -2.25. The van der Waals surface area contributed by atoms with E-state index in [1.807, 2.05) is 0 Å². The number of hydrogen-bond donors (Lipinski definition) is 0. The van der Waals surface area contributed by atoms with E-state index < -0.39 is 30.8 Å². The second kappa shape index (κ2) is 10.6. The highest BCUT2D eigenvalue weighted by atomic mass is 79.9. The van der Waals surface area contributed by atoms with Crippen LogP contribution in [0.25, 0.3) is 11.3 Å². The first-order valence-electron chi connectivity index (χ1n) is 9.78. The van der Waals surface area contributed by atoms with E-state index in [0.717, 1.165) is 36.1 Å². The standard InChI is InChI=1S/C20H19BrClF3N2O6/c1-9(32-20(29)30-8-10-4-3-5-10)31-18(28)11-6-12(14(23)7-13(11)22)16-15(21)17(27(2)26-16)33-19(24)25/h6-7,9-10,19H,3-5,8H2,1-2H3. The lowest BCUT2D eigenvalue weighted by molar-refractivity contribution is -0.0852. The number of carbonyl (C=O) groups is 2. The maximum absolute atomic E-state index is 14.6. The summed E-state index contributed by atoms with van der Waals surface area (Å²) in [4.78, 5) is 24.3. The topological polar surface area (TPSA) is 88.9 Å². The molecule has 0 bridgehead atoms. The van der Waals surface area contributed by atoms with Crippen molar-refractivity contribution in [3.05, 3.63) is 33.0 Å². The van der Waals surface area contributed by atoms with Crippen LogP contribution in [0.15, 0.2) is 16.6 Å². The summed E-state index contributed by atoms with van der Waals surface area (Å²) < 4.78 is 60.1. The first-order chi connectivity index (χ1) is 15.6. The molecule has 8 nitrogen and oxygen atoms in total. The molecule has 1 fully saturated rings. The van der Waals surface area contributed by atoms with E-state index in [9.17, 15) is 22.8 Å². The second-order valence-electron chi connectivity index (χ2n) is 7.23. The molecule has 33 heavy (non-hydrogen) atoms. The largest absolute Gasteiger partial charge is 0.511 e. The minimum absolute atomic E-state index is 0.0586. The molecule has 1 aliphatic rings. The number of esters is 1. The smallest absolute Gasteiger partial charge is 0.434 e. The molecule has 1 aromatic heterocycles. The van der Waals surface area contributed by atoms with Gasteiger partial charge in [-0.15, -0.1) is 0 Å². The Labute approximate surface area is 200 Å². The number of nitrogens with zero attached hydrogens (tertiary/aromatic N) is 2. The van der Waals surface area contributed by atoms with Crippen molar-refractivity contribution in [2.45, 2.75) is 39.1 Å². The van der Waals surface area contributed by atoms with Gasteiger partial charge in [-0.1, -0.05) is 18.0 Å². The summed E-state index contributed by atoms with van der Waals surface area (Å²) >= 11 is 9.04. The van der Waals surface area contributed by atoms with Gasteiger partial charge in [0.2, 0.25) is 12.2 Å². The Morgan fingerprint density at radius 3 is 2.61 bits per heavy atom. The van der Waals surface area contributed by atoms with Crippen molar-refractivity contribution in [3.8, 4) is 17.1 Å². The summed E-state index contributed by atoms with van der Waals surface area (Å²) in [6.45, 7) is -1.61. The number of rotatable bonds is 8. The molecule has 0 N–H and O–H groups in total. The van der Waals surface area contributed by atoms with Crippen LogP contribution in [0.1, 0.15) is 36.5 Å². The van der Waals surface area contributed by atoms with E-state index in [4.69, 9.17) is 25.8 Å². The fourth-order valence-corrected chi connectivity index (χ4v) is 3.88. The van der Waals surface area contributed by atoms with E-state index >= 15 is 0 Å². The Bertz CT molecular complexity index is 1050. The zero-order valence-electron chi connectivity index (χ0n) is 17.4. The molecule has 0 radical (unpaired) electrons. The van der Waals surface area contributed by atoms with Gasteiger partial charge in [0.1, 0.15) is 16.0 Å². The number of halogens is 5. The van der Waals surface area contributed by atoms with Crippen molar-refractivity contribution >= 4 is 39.7 Å². The molecule has 1 aliphatic carbocycles. The third-order valence-electron chi connectivity index (χ3n) is 4.87. The Morgan fingerprint density at radius 1 is 1.30 bits per heavy atom. The quantitative estimate of drug-likeness (QED) is 0.305. The van der Waals surface area contributed by atoms with Crippen LogP contribution in [-0.2, 0) is 21.3 Å². The van der Waals surface area contributed by atoms with Crippen LogP contribution in [0.2, 0.25) is 5.02 Å². The summed E-state index contributed by atoms with van der Waals surface area (Å²) in [6.07, 6.45) is 0.741. The van der Waals surface area contributed by atoms with Crippen molar-refractivity contribution in [1.29, 1.82) is 0 Å². The summed E-state index contributed by atoms with van der Waals surface area (Å²) in [7, 11) is 1.32. The van der Waals surface area contributed by atoms with Crippen molar-refractivity contribution in [2.24, 2.45) is 13.0 Å². The monoisotopic (exact) mass is 554 g/mol. The highest BCUT2D eigenvalue weighted by Crippen LogP contribution is 2.38. The summed E-state index contributed by atoms with van der Waals surface area (Å²) in [6, 6.07) is 1.89. The molecule has 180 valence electrons. The van der Waals surface area contributed by atoms with E-state index in [0.29, 0.717) is 5.92 Å². The molecule has 1 saturated carbocycles. The van der Waals surface area contributed by atoms with E-state index in [1.54, 1.807) is 0 Å². The molecular weight excluding hydrogens is 537 g/mol. The maximum atomic E-state index is 14.6. The SMILES string of the molecule is CC(OC(=O)OCC1CCC1)OC(=O)c1cc(-c2nn(C)c(OC(F)F)c2Br)c(F)cc1Cl. The molecule has 2 aromatic rings. The number of benzene rings is 1. The Balaban J connectivity index is 1.74. The third kappa shape index (κ3) is 6.11. The molecule has 0 spiro atoms. The fourth-order valence-electron chi connectivity index (χ4n) is 3.01. The first kappa shape index (κ1) is 25.2. The van der Waals surface area contributed by atoms with Crippen LogP contribution in [0.3, 0.4) is 0 Å². The van der Waals surface area contributed by atoms with Crippen LogP contribution in [0.5, 0.6) is 5.88 Å². The van der Waals surface area contributed by atoms with Gasteiger partial charge in [-0.2, -0.15) is 13.9 Å². The van der Waals surface area contributed by atoms with Gasteiger partial charge < -0.3 is 18.9 Å². The number of ether oxygens (including phenoxy) is 4. The van der Waals surface area contributed by atoms with E-state index in [1.165, 1.54) is 14.0 Å². The van der Waals surface area contributed by atoms with Crippen LogP contribution in [0.4, 0.5) is 18.0 Å². The summed E-state index contributed by atoms with van der Waals surface area (Å²) in [5.74, 6) is -1.93. The minimum atomic E-state index is -3.13. The van der Waals surface area contributed by atoms with Crippen molar-refractivity contribution in [2.75, 3.05) is 6.61 Å². The molecule has 3 rings (SSSR count). The van der Waals surface area contributed by atoms with Crippen molar-refractivity contribution in [1.82, 2.24) is 9.78 Å². The van der Waals surface area contributed by atoms with Gasteiger partial charge in [0.25, 0.3) is 0 Å². The van der Waals surface area contributed by atoms with Crippen LogP contribution < -0.4 is 4.74 Å². The molecule has 13 heteroatoms. The minimum Gasteiger partial charge on any atom is -0.434 e. The van der Waals surface area contributed by atoms with Crippen LogP contribution in [-0.4, -0.2) is 41.4 Å². The Hall–Kier alpha value is -2.47. The van der Waals surface area contributed by atoms with Crippen molar-refractivity contribution in [3.63, 3.8) is 0 Å². The fraction of sp³-hybridized carbons (Fsp3) is 0.450. The molecule has 1 unspecified atom stereocenters. The molecular formula is C20H19BrClF3N2O6. The number of carbonyl (C=O) groups excluding carboxylic acids is 2. The molecule has 0 aliphatic heterocycles. The Kier molecular flexibility index (Phi) is 8.11. The number of hydrogen-bond acceptors (Lipinski definition) is 7. The second-order valence-corrected chi connectivity index (χ2v) is 8.43. The molecule has 0 saturated heterocycles. The molecule has 1 aromatic carbocycles. The first-order valence-corrected chi connectivity index (χ1v) is 10.9. The highest BCUT2D eigenvalue weighted by molar-refractivity contribution is 9.10. The summed E-state index contributed by atoms with van der Waals surface area (Å²) in [5.41, 5.74) is -0.605. The third-order valence-corrected chi connectivity index (χ3v) is 5.90. The predicted octanol–water partition coefficient (Wildman–Crippen LogP) is 5.70. The molecule has 1 heterocycles. The van der Waals surface area contributed by atoms with E-state index in [-0.39, 0.29) is 38.8 Å². The zero-order chi connectivity index (χ0) is 24.3.